The first-order chi connectivity index (χ1) is 8.81. The van der Waals surface area contributed by atoms with Gasteiger partial charge in [-0.3, -0.25) is 0 Å². The van der Waals surface area contributed by atoms with Gasteiger partial charge in [0.15, 0.2) is 0 Å². The van der Waals surface area contributed by atoms with Gasteiger partial charge in [-0.1, -0.05) is 53.5 Å². The molecule has 0 fully saturated rings. The summed E-state index contributed by atoms with van der Waals surface area (Å²) in [7, 11) is 0. The molecule has 0 amide bonds. The van der Waals surface area contributed by atoms with Crippen LogP contribution in [0.5, 0.6) is 0 Å². The summed E-state index contributed by atoms with van der Waals surface area (Å²) in [5, 5.41) is 0. The van der Waals surface area contributed by atoms with Crippen LogP contribution in [0.1, 0.15) is 6.92 Å². The highest BCUT2D eigenvalue weighted by molar-refractivity contribution is 6.68. The molecule has 1 atom stereocenters. The second-order valence-electron chi connectivity index (χ2n) is 2.80. The molecule has 0 saturated heterocycles. The predicted octanol–water partition coefficient (Wildman–Crippen LogP) is 3.71. The van der Waals surface area contributed by atoms with Gasteiger partial charge in [-0.15, -0.1) is 0 Å². The van der Waals surface area contributed by atoms with Crippen LogP contribution in [0.2, 0.25) is 0 Å². The van der Waals surface area contributed by atoms with Crippen LogP contribution >= 0.6 is 34.8 Å². The summed E-state index contributed by atoms with van der Waals surface area (Å²) in [4.78, 5) is 22.3. The van der Waals surface area contributed by atoms with Gasteiger partial charge in [-0.05, 0) is 6.92 Å². The molecule has 0 aliphatic carbocycles. The lowest BCUT2D eigenvalue weighted by Crippen LogP contribution is -2.36. The molecule has 1 unspecified atom stereocenters. The van der Waals surface area contributed by atoms with Crippen LogP contribution in [0, 0.1) is 0 Å². The number of hydrogen-bond acceptors (Lipinski definition) is 6. The lowest BCUT2D eigenvalue weighted by atomic mass is 10.7. The van der Waals surface area contributed by atoms with E-state index >= 15 is 0 Å². The Morgan fingerprint density at radius 1 is 1.26 bits per heavy atom. The van der Waals surface area contributed by atoms with Crippen LogP contribution in [0.15, 0.2) is 25.0 Å². The van der Waals surface area contributed by atoms with E-state index in [1.807, 2.05) is 0 Å². The van der Waals surface area contributed by atoms with Gasteiger partial charge in [0.25, 0.3) is 3.79 Å². The van der Waals surface area contributed by atoms with Gasteiger partial charge in [-0.2, -0.15) is 0 Å². The van der Waals surface area contributed by atoms with Crippen molar-refractivity contribution in [3.63, 3.8) is 0 Å². The Kier molecular flexibility index (Phi) is 8.38. The minimum absolute atomic E-state index is 0.117. The van der Waals surface area contributed by atoms with Crippen molar-refractivity contribution in [3.8, 4) is 0 Å². The van der Waals surface area contributed by atoms with E-state index in [0.717, 1.165) is 6.26 Å². The van der Waals surface area contributed by atoms with E-state index in [2.05, 4.69) is 25.5 Å². The summed E-state index contributed by atoms with van der Waals surface area (Å²) >= 11 is 16.4. The fourth-order valence-corrected chi connectivity index (χ4v) is 0.912. The maximum atomic E-state index is 11.1. The molecule has 0 radical (unpaired) electrons. The molecule has 0 rings (SSSR count). The summed E-state index contributed by atoms with van der Waals surface area (Å²) in [6.45, 7) is 4.80. The van der Waals surface area contributed by atoms with Gasteiger partial charge in [-0.25, -0.2) is 9.59 Å². The van der Waals surface area contributed by atoms with E-state index in [4.69, 9.17) is 34.8 Å². The van der Waals surface area contributed by atoms with E-state index in [1.165, 1.54) is 12.2 Å². The molecule has 0 N–H and O–H groups in total. The molecule has 9 heteroatoms. The van der Waals surface area contributed by atoms with Crippen molar-refractivity contribution < 1.29 is 28.5 Å². The van der Waals surface area contributed by atoms with Crippen molar-refractivity contribution in [2.45, 2.75) is 17.0 Å². The summed E-state index contributed by atoms with van der Waals surface area (Å²) in [6, 6.07) is 0. The highest BCUT2D eigenvalue weighted by Gasteiger charge is 2.40. The molecule has 0 aromatic heterocycles. The number of carbonyl (C=O) groups excluding carboxylic acids is 2. The molecule has 0 heterocycles. The van der Waals surface area contributed by atoms with Crippen molar-refractivity contribution in [1.29, 1.82) is 0 Å². The van der Waals surface area contributed by atoms with Gasteiger partial charge in [0.2, 0.25) is 0 Å². The summed E-state index contributed by atoms with van der Waals surface area (Å²) < 4.78 is 15.7. The fraction of sp³-hybridized carbons (Fsp3) is 0.400. The topological polar surface area (TPSA) is 71.1 Å². The minimum Gasteiger partial charge on any atom is -0.430 e. The van der Waals surface area contributed by atoms with Crippen LogP contribution < -0.4 is 0 Å². The molecule has 108 valence electrons. The summed E-state index contributed by atoms with van der Waals surface area (Å²) in [5.74, 6) is 0. The monoisotopic (exact) mass is 332 g/mol. The fourth-order valence-electron chi connectivity index (χ4n) is 0.645. The average molecular weight is 334 g/mol. The van der Waals surface area contributed by atoms with Crippen LogP contribution in [0.4, 0.5) is 9.59 Å². The zero-order chi connectivity index (χ0) is 14.9. The van der Waals surface area contributed by atoms with Crippen LogP contribution in [-0.2, 0) is 18.9 Å². The highest BCUT2D eigenvalue weighted by Crippen LogP contribution is 2.33. The normalized spacial score (nSPS) is 12.6. The van der Waals surface area contributed by atoms with Crippen molar-refractivity contribution in [2.24, 2.45) is 0 Å². The molecule has 6 nitrogen and oxygen atoms in total. The Labute approximate surface area is 124 Å². The first kappa shape index (κ1) is 17.9. The lowest BCUT2D eigenvalue weighted by molar-refractivity contribution is -0.0946. The second-order valence-corrected chi connectivity index (χ2v) is 5.17. The number of halogens is 3. The molecule has 0 aliphatic heterocycles. The molecule has 0 bridgehead atoms. The Balaban J connectivity index is 4.52. The molecule has 0 saturated carbocycles. The Bertz CT molecular complexity index is 350. The van der Waals surface area contributed by atoms with Crippen molar-refractivity contribution in [3.05, 3.63) is 25.0 Å². The third-order valence-electron chi connectivity index (χ3n) is 1.29. The molecule has 0 aromatic rings. The van der Waals surface area contributed by atoms with Crippen LogP contribution in [0.25, 0.3) is 0 Å². The molecule has 19 heavy (non-hydrogen) atoms. The number of hydrogen-bond donors (Lipinski definition) is 0. The van der Waals surface area contributed by atoms with Gasteiger partial charge in [0, 0.05) is 0 Å². The first-order valence-corrected chi connectivity index (χ1v) is 5.94. The van der Waals surface area contributed by atoms with Gasteiger partial charge in [0.05, 0.1) is 6.26 Å². The molecular formula is C10H11Cl3O6. The third-order valence-corrected chi connectivity index (χ3v) is 1.83. The van der Waals surface area contributed by atoms with Crippen molar-refractivity contribution >= 4 is 47.1 Å². The van der Waals surface area contributed by atoms with Crippen molar-refractivity contribution in [1.82, 2.24) is 0 Å². The highest BCUT2D eigenvalue weighted by atomic mass is 35.6. The van der Waals surface area contributed by atoms with Gasteiger partial charge in [0.1, 0.15) is 6.61 Å². The SMILES string of the molecule is C=CCOC(=O)OC(OC(=O)OC=CC)C(Cl)(Cl)Cl. The quantitative estimate of drug-likeness (QED) is 0.251. The van der Waals surface area contributed by atoms with E-state index in [1.54, 1.807) is 6.92 Å². The maximum Gasteiger partial charge on any atom is 0.516 e. The number of ether oxygens (including phenoxy) is 4. The van der Waals surface area contributed by atoms with E-state index in [-0.39, 0.29) is 6.61 Å². The Hall–Kier alpha value is -1.11. The maximum absolute atomic E-state index is 11.1. The molecule has 0 spiro atoms. The Morgan fingerprint density at radius 2 is 1.84 bits per heavy atom. The summed E-state index contributed by atoms with van der Waals surface area (Å²) in [5.41, 5.74) is 0. The van der Waals surface area contributed by atoms with E-state index in [9.17, 15) is 9.59 Å². The van der Waals surface area contributed by atoms with E-state index in [0.29, 0.717) is 0 Å². The van der Waals surface area contributed by atoms with Gasteiger partial charge < -0.3 is 18.9 Å². The van der Waals surface area contributed by atoms with Gasteiger partial charge >= 0.3 is 18.6 Å². The number of rotatable bonds is 5. The summed E-state index contributed by atoms with van der Waals surface area (Å²) in [6.07, 6.45) is -0.487. The largest absolute Gasteiger partial charge is 0.516 e. The van der Waals surface area contributed by atoms with Crippen LogP contribution in [-0.4, -0.2) is 29.0 Å². The number of allylic oxidation sites excluding steroid dienone is 1. The standard InChI is InChI=1S/C10H11Cl3O6/c1-3-5-16-8(14)18-7(10(11,12)13)19-9(15)17-6-4-2/h3-4,6-7H,1,5H2,2H3. The number of alkyl halides is 3. The minimum atomic E-state index is -2.21. The smallest absolute Gasteiger partial charge is 0.430 e. The lowest BCUT2D eigenvalue weighted by Gasteiger charge is -2.22. The van der Waals surface area contributed by atoms with E-state index < -0.39 is 22.4 Å². The second kappa shape index (κ2) is 8.90. The first-order valence-electron chi connectivity index (χ1n) is 4.80. The van der Waals surface area contributed by atoms with Crippen molar-refractivity contribution in [2.75, 3.05) is 6.61 Å². The zero-order valence-electron chi connectivity index (χ0n) is 9.81. The molecular weight excluding hydrogens is 322 g/mol. The average Bonchev–Trinajstić information content (AvgIpc) is 2.31. The molecule has 0 aliphatic rings. The predicted molar refractivity (Wildman–Crippen MR) is 69.1 cm³/mol. The van der Waals surface area contributed by atoms with Crippen LogP contribution in [0.3, 0.4) is 0 Å². The third kappa shape index (κ3) is 8.58. The number of carbonyl (C=O) groups is 2. The molecule has 0 aromatic carbocycles. The Morgan fingerprint density at radius 3 is 2.32 bits per heavy atom. The zero-order valence-corrected chi connectivity index (χ0v) is 12.1.